The van der Waals surface area contributed by atoms with Crippen LogP contribution in [0, 0.1) is 0 Å². The maximum Gasteiger partial charge on any atom is 0.265 e. The lowest BCUT2D eigenvalue weighted by molar-refractivity contribution is -0.120. The molecule has 1 aromatic heterocycles. The van der Waals surface area contributed by atoms with Gasteiger partial charge in [0.1, 0.15) is 10.7 Å². The minimum absolute atomic E-state index is 0.0755. The number of hydrogen-bond acceptors (Lipinski definition) is 7. The van der Waals surface area contributed by atoms with Gasteiger partial charge in [-0.25, -0.2) is 4.98 Å². The molecular formula is C12H20N6O2S. The zero-order valence-electron chi connectivity index (χ0n) is 11.9. The van der Waals surface area contributed by atoms with Crippen LogP contribution in [0.4, 0.5) is 10.9 Å². The average Bonchev–Trinajstić information content (AvgIpc) is 3.02. The van der Waals surface area contributed by atoms with Gasteiger partial charge in [-0.1, -0.05) is 11.3 Å². The van der Waals surface area contributed by atoms with Gasteiger partial charge in [0.15, 0.2) is 5.13 Å². The summed E-state index contributed by atoms with van der Waals surface area (Å²) in [5, 5.41) is 5.83. The van der Waals surface area contributed by atoms with Gasteiger partial charge in [-0.3, -0.25) is 9.59 Å². The molecule has 0 aliphatic carbocycles. The highest BCUT2D eigenvalue weighted by Gasteiger charge is 2.25. The van der Waals surface area contributed by atoms with E-state index in [-0.39, 0.29) is 30.2 Å². The highest BCUT2D eigenvalue weighted by atomic mass is 32.1. The lowest BCUT2D eigenvalue weighted by Crippen LogP contribution is -2.36. The third-order valence-corrected chi connectivity index (χ3v) is 4.26. The van der Waals surface area contributed by atoms with Gasteiger partial charge in [-0.05, 0) is 13.3 Å². The Hall–Kier alpha value is -1.87. The monoisotopic (exact) mass is 312 g/mol. The quantitative estimate of drug-likeness (QED) is 0.560. The summed E-state index contributed by atoms with van der Waals surface area (Å²) in [5.74, 6) is -0.436. The Morgan fingerprint density at radius 3 is 2.86 bits per heavy atom. The fourth-order valence-electron chi connectivity index (χ4n) is 2.08. The molecule has 2 amide bonds. The van der Waals surface area contributed by atoms with E-state index < -0.39 is 0 Å². The number of carbonyl (C=O) groups is 2. The molecular weight excluding hydrogens is 292 g/mol. The van der Waals surface area contributed by atoms with E-state index in [0.29, 0.717) is 23.1 Å². The first-order valence-electron chi connectivity index (χ1n) is 6.83. The second-order valence-electron chi connectivity index (χ2n) is 4.84. The number of amides is 2. The van der Waals surface area contributed by atoms with Crippen LogP contribution >= 0.6 is 11.3 Å². The van der Waals surface area contributed by atoms with E-state index in [4.69, 9.17) is 11.5 Å². The number of rotatable bonds is 5. The molecule has 21 heavy (non-hydrogen) atoms. The molecule has 8 nitrogen and oxygen atoms in total. The van der Waals surface area contributed by atoms with Crippen molar-refractivity contribution in [2.75, 3.05) is 36.8 Å². The molecule has 1 atom stereocenters. The molecule has 1 saturated heterocycles. The number of nitrogens with zero attached hydrogens (tertiary/aromatic N) is 2. The largest absolute Gasteiger partial charge is 0.382 e. The summed E-state index contributed by atoms with van der Waals surface area (Å²) < 4.78 is 0. The van der Waals surface area contributed by atoms with Gasteiger partial charge in [0.2, 0.25) is 5.91 Å². The number of nitrogens with one attached hydrogen (secondary N) is 2. The summed E-state index contributed by atoms with van der Waals surface area (Å²) in [6.45, 7) is 3.79. The van der Waals surface area contributed by atoms with E-state index in [9.17, 15) is 9.59 Å². The molecule has 0 aromatic carbocycles. The van der Waals surface area contributed by atoms with Gasteiger partial charge < -0.3 is 27.0 Å². The normalized spacial score (nSPS) is 17.8. The van der Waals surface area contributed by atoms with Gasteiger partial charge in [-0.2, -0.15) is 0 Å². The number of nitrogen functional groups attached to an aromatic ring is 1. The predicted octanol–water partition coefficient (Wildman–Crippen LogP) is -0.871. The predicted molar refractivity (Wildman–Crippen MR) is 82.3 cm³/mol. The molecule has 0 saturated carbocycles. The summed E-state index contributed by atoms with van der Waals surface area (Å²) in [5.41, 5.74) is 11.6. The Kier molecular flexibility index (Phi) is 4.97. The standard InChI is InChI=1S/C12H20N6O2S/c1-2-15-8(19)5-16-11(20)9-10(14)17-12(21-9)18-4-3-7(13)6-18/h7H,2-6,13-14H2,1H3,(H,15,19)(H,16,20). The lowest BCUT2D eigenvalue weighted by atomic mass is 10.3. The van der Waals surface area contributed by atoms with Crippen molar-refractivity contribution in [3.63, 3.8) is 0 Å². The van der Waals surface area contributed by atoms with Crippen LogP contribution in [0.25, 0.3) is 0 Å². The second-order valence-corrected chi connectivity index (χ2v) is 5.82. The molecule has 0 spiro atoms. The fraction of sp³-hybridized carbons (Fsp3) is 0.583. The van der Waals surface area contributed by atoms with Crippen LogP contribution < -0.4 is 27.0 Å². The van der Waals surface area contributed by atoms with Crippen molar-refractivity contribution < 1.29 is 9.59 Å². The van der Waals surface area contributed by atoms with Crippen LogP contribution in [-0.2, 0) is 4.79 Å². The zero-order chi connectivity index (χ0) is 15.4. The fourth-order valence-corrected chi connectivity index (χ4v) is 3.02. The third kappa shape index (κ3) is 3.82. The maximum atomic E-state index is 12.0. The Morgan fingerprint density at radius 2 is 2.24 bits per heavy atom. The van der Waals surface area contributed by atoms with Crippen molar-refractivity contribution in [3.05, 3.63) is 4.88 Å². The van der Waals surface area contributed by atoms with Gasteiger partial charge in [0, 0.05) is 25.7 Å². The van der Waals surface area contributed by atoms with Crippen molar-refractivity contribution >= 4 is 34.1 Å². The third-order valence-electron chi connectivity index (χ3n) is 3.13. The van der Waals surface area contributed by atoms with Gasteiger partial charge in [-0.15, -0.1) is 0 Å². The highest BCUT2D eigenvalue weighted by Crippen LogP contribution is 2.29. The Bertz CT molecular complexity index is 532. The summed E-state index contributed by atoms with van der Waals surface area (Å²) in [4.78, 5) is 29.9. The molecule has 1 aromatic rings. The molecule has 1 fully saturated rings. The van der Waals surface area contributed by atoms with Crippen LogP contribution in [0.1, 0.15) is 23.0 Å². The number of likely N-dealkylation sites (N-methyl/N-ethyl adjacent to an activating group) is 1. The average molecular weight is 312 g/mol. The molecule has 6 N–H and O–H groups in total. The molecule has 2 rings (SSSR count). The highest BCUT2D eigenvalue weighted by molar-refractivity contribution is 7.18. The van der Waals surface area contributed by atoms with Crippen LogP contribution in [0.3, 0.4) is 0 Å². The number of carbonyl (C=O) groups excluding carboxylic acids is 2. The number of hydrogen-bond donors (Lipinski definition) is 4. The summed E-state index contributed by atoms with van der Waals surface area (Å²) in [6.07, 6.45) is 0.901. The minimum atomic E-state index is -0.383. The second kappa shape index (κ2) is 6.72. The van der Waals surface area contributed by atoms with Crippen molar-refractivity contribution in [2.24, 2.45) is 5.73 Å². The SMILES string of the molecule is CCNC(=O)CNC(=O)c1sc(N2CCC(N)C2)nc1N. The number of thiazole rings is 1. The van der Waals surface area contributed by atoms with E-state index in [1.807, 2.05) is 11.8 Å². The van der Waals surface area contributed by atoms with E-state index in [0.717, 1.165) is 13.0 Å². The van der Waals surface area contributed by atoms with E-state index >= 15 is 0 Å². The molecule has 2 heterocycles. The van der Waals surface area contributed by atoms with Crippen LogP contribution in [0.2, 0.25) is 0 Å². The first-order chi connectivity index (χ1) is 10.0. The first kappa shape index (κ1) is 15.5. The minimum Gasteiger partial charge on any atom is -0.382 e. The van der Waals surface area contributed by atoms with Crippen molar-refractivity contribution in [1.29, 1.82) is 0 Å². The smallest absolute Gasteiger partial charge is 0.265 e. The van der Waals surface area contributed by atoms with Crippen LogP contribution in [-0.4, -0.2) is 49.0 Å². The Labute approximate surface area is 126 Å². The Balaban J connectivity index is 1.98. The first-order valence-corrected chi connectivity index (χ1v) is 7.64. The molecule has 116 valence electrons. The molecule has 9 heteroatoms. The Morgan fingerprint density at radius 1 is 1.48 bits per heavy atom. The van der Waals surface area contributed by atoms with Crippen molar-refractivity contribution in [1.82, 2.24) is 15.6 Å². The van der Waals surface area contributed by atoms with Crippen molar-refractivity contribution in [2.45, 2.75) is 19.4 Å². The molecule has 1 unspecified atom stereocenters. The zero-order valence-corrected chi connectivity index (χ0v) is 12.7. The van der Waals surface area contributed by atoms with Gasteiger partial charge >= 0.3 is 0 Å². The summed E-state index contributed by atoms with van der Waals surface area (Å²) in [7, 11) is 0. The maximum absolute atomic E-state index is 12.0. The van der Waals surface area contributed by atoms with Gasteiger partial charge in [0.05, 0.1) is 6.54 Å². The molecule has 0 radical (unpaired) electrons. The van der Waals surface area contributed by atoms with E-state index in [1.165, 1.54) is 11.3 Å². The van der Waals surface area contributed by atoms with E-state index in [1.54, 1.807) is 0 Å². The number of aromatic nitrogens is 1. The number of anilines is 2. The van der Waals surface area contributed by atoms with Crippen LogP contribution in [0.5, 0.6) is 0 Å². The van der Waals surface area contributed by atoms with Crippen LogP contribution in [0.15, 0.2) is 0 Å². The number of nitrogens with two attached hydrogens (primary N) is 2. The molecule has 1 aliphatic rings. The molecule has 1 aliphatic heterocycles. The topological polar surface area (TPSA) is 126 Å². The summed E-state index contributed by atoms with van der Waals surface area (Å²) >= 11 is 1.22. The molecule has 0 bridgehead atoms. The van der Waals surface area contributed by atoms with Crippen molar-refractivity contribution in [3.8, 4) is 0 Å². The van der Waals surface area contributed by atoms with E-state index in [2.05, 4.69) is 15.6 Å². The lowest BCUT2D eigenvalue weighted by Gasteiger charge is -2.12. The summed E-state index contributed by atoms with van der Waals surface area (Å²) in [6, 6.07) is 0.130. The van der Waals surface area contributed by atoms with Gasteiger partial charge in [0.25, 0.3) is 5.91 Å².